The molecule has 2 N–H and O–H groups in total. The largest absolute Gasteiger partial charge is 0.483 e. The van der Waals surface area contributed by atoms with Crippen molar-refractivity contribution in [1.82, 2.24) is 9.62 Å². The van der Waals surface area contributed by atoms with Gasteiger partial charge in [0.2, 0.25) is 15.9 Å². The molecule has 32 heavy (non-hydrogen) atoms. The molecule has 1 amide bonds. The van der Waals surface area contributed by atoms with Crippen molar-refractivity contribution < 1.29 is 23.1 Å². The predicted octanol–water partition coefficient (Wildman–Crippen LogP) is 3.42. The first-order chi connectivity index (χ1) is 15.1. The second kappa shape index (κ2) is 11.6. The van der Waals surface area contributed by atoms with E-state index in [1.165, 1.54) is 17.4 Å². The van der Waals surface area contributed by atoms with Gasteiger partial charge in [0, 0.05) is 28.6 Å². The van der Waals surface area contributed by atoms with Crippen molar-refractivity contribution in [3.05, 3.63) is 56.6 Å². The van der Waals surface area contributed by atoms with Crippen LogP contribution in [0.1, 0.15) is 29.8 Å². The summed E-state index contributed by atoms with van der Waals surface area (Å²) in [4.78, 5) is 25.6. The lowest BCUT2D eigenvalue weighted by molar-refractivity contribution is -0.123. The molecule has 11 heteroatoms. The highest BCUT2D eigenvalue weighted by atomic mass is 35.5. The minimum Gasteiger partial charge on any atom is -0.483 e. The van der Waals surface area contributed by atoms with Gasteiger partial charge >= 0.3 is 0 Å². The van der Waals surface area contributed by atoms with E-state index in [2.05, 4.69) is 16.5 Å². The molecule has 0 spiro atoms. The molecule has 0 aliphatic carbocycles. The summed E-state index contributed by atoms with van der Waals surface area (Å²) in [5.74, 6) is -0.241. The van der Waals surface area contributed by atoms with Gasteiger partial charge in [-0.1, -0.05) is 23.7 Å². The third-order valence-corrected chi connectivity index (χ3v) is 7.28. The first-order valence-electron chi connectivity index (χ1n) is 9.69. The Balaban J connectivity index is 0.00000114. The number of sulfonamides is 1. The zero-order chi connectivity index (χ0) is 23.9. The zero-order valence-corrected chi connectivity index (χ0v) is 20.3. The van der Waals surface area contributed by atoms with Gasteiger partial charge in [-0.15, -0.1) is 11.3 Å². The number of hydrogen-bond donors (Lipinski definition) is 2. The van der Waals surface area contributed by atoms with E-state index in [9.17, 15) is 13.2 Å². The Labute approximate surface area is 197 Å². The Kier molecular flexibility index (Phi) is 9.41. The number of halogens is 1. The maximum atomic E-state index is 12.7. The molecule has 1 fully saturated rings. The molecule has 2 heterocycles. The number of carbonyl (C=O) groups excluding carboxylic acids is 1. The second-order valence-electron chi connectivity index (χ2n) is 7.28. The van der Waals surface area contributed by atoms with Crippen LogP contribution in [0.3, 0.4) is 0 Å². The van der Waals surface area contributed by atoms with Crippen LogP contribution in [0.4, 0.5) is 5.69 Å². The Morgan fingerprint density at radius 3 is 2.41 bits per heavy atom. The third-order valence-electron chi connectivity index (χ3n) is 4.98. The average Bonchev–Trinajstić information content (AvgIpc) is 3.32. The Morgan fingerprint density at radius 2 is 1.88 bits per heavy atom. The first kappa shape index (κ1) is 26.0. The molecule has 0 unspecified atom stereocenters. The van der Waals surface area contributed by atoms with Gasteiger partial charge in [0.25, 0.3) is 6.47 Å². The molecule has 1 aliphatic heterocycles. The van der Waals surface area contributed by atoms with Crippen LogP contribution >= 0.6 is 22.9 Å². The van der Waals surface area contributed by atoms with E-state index in [1.807, 2.05) is 38.4 Å². The number of rotatable bonds is 7. The quantitative estimate of drug-likeness (QED) is 0.565. The number of amides is 1. The number of hydrogen-bond acceptors (Lipinski definition) is 6. The summed E-state index contributed by atoms with van der Waals surface area (Å²) in [6, 6.07) is 10.8. The molecule has 174 valence electrons. The lowest BCUT2D eigenvalue weighted by Crippen LogP contribution is -2.40. The summed E-state index contributed by atoms with van der Waals surface area (Å²) in [5.41, 5.74) is 1.93. The summed E-state index contributed by atoms with van der Waals surface area (Å²) in [6.45, 7) is 2.33. The van der Waals surface area contributed by atoms with Crippen LogP contribution in [-0.4, -0.2) is 57.5 Å². The predicted molar refractivity (Wildman–Crippen MR) is 128 cm³/mol. The van der Waals surface area contributed by atoms with Gasteiger partial charge in [-0.2, -0.15) is 4.72 Å². The van der Waals surface area contributed by atoms with Crippen molar-refractivity contribution in [1.29, 1.82) is 0 Å². The van der Waals surface area contributed by atoms with E-state index in [-0.39, 0.29) is 18.4 Å². The lowest BCUT2D eigenvalue weighted by atomic mass is 10.1. The van der Waals surface area contributed by atoms with Crippen LogP contribution in [0, 0.1) is 0 Å². The summed E-state index contributed by atoms with van der Waals surface area (Å²) in [5, 5.41) is 7.96. The highest BCUT2D eigenvalue weighted by Gasteiger charge is 2.34. The fourth-order valence-electron chi connectivity index (χ4n) is 3.09. The Hall–Kier alpha value is -2.24. The zero-order valence-electron chi connectivity index (χ0n) is 17.9. The van der Waals surface area contributed by atoms with Gasteiger partial charge in [0.05, 0.1) is 4.34 Å². The van der Waals surface area contributed by atoms with Crippen molar-refractivity contribution in [2.24, 2.45) is 0 Å². The fourth-order valence-corrected chi connectivity index (χ4v) is 5.16. The molecule has 3 rings (SSSR count). The van der Waals surface area contributed by atoms with Crippen molar-refractivity contribution in [3.8, 4) is 0 Å². The van der Waals surface area contributed by atoms with Gasteiger partial charge in [0.1, 0.15) is 6.04 Å². The van der Waals surface area contributed by atoms with Gasteiger partial charge in [-0.3, -0.25) is 9.59 Å². The number of nitrogens with one attached hydrogen (secondary N) is 1. The molecule has 0 bridgehead atoms. The molecular formula is C21H26ClN3O5S2. The van der Waals surface area contributed by atoms with E-state index >= 15 is 0 Å². The number of carboxylic acid groups (broad SMARTS) is 1. The molecule has 2 aromatic rings. The monoisotopic (exact) mass is 499 g/mol. The van der Waals surface area contributed by atoms with Crippen LogP contribution in [-0.2, 0) is 19.6 Å². The molecular weight excluding hydrogens is 474 g/mol. The number of nitrogens with zero attached hydrogens (tertiary/aromatic N) is 2. The van der Waals surface area contributed by atoms with Gasteiger partial charge < -0.3 is 14.9 Å². The summed E-state index contributed by atoms with van der Waals surface area (Å²) in [6.07, 6.45) is 1.90. The van der Waals surface area contributed by atoms with Crippen molar-refractivity contribution in [2.75, 3.05) is 25.5 Å². The SMILES string of the molecule is C[C@H](c1ccc(N2CC[C@H](NS(=O)(=O)C=Cc3ccc(Cl)s3)C2=O)cc1)N(C)C.O=CO. The fraction of sp³-hybridized carbons (Fsp3) is 0.333. The van der Waals surface area contributed by atoms with E-state index in [0.29, 0.717) is 17.3 Å². The number of benzene rings is 1. The second-order valence-corrected chi connectivity index (χ2v) is 10.6. The number of thiophene rings is 1. The van der Waals surface area contributed by atoms with Gasteiger partial charge in [0.15, 0.2) is 0 Å². The highest BCUT2D eigenvalue weighted by molar-refractivity contribution is 7.92. The summed E-state index contributed by atoms with van der Waals surface area (Å²) in [7, 11) is 0.289. The average molecular weight is 500 g/mol. The normalized spacial score (nSPS) is 17.5. The van der Waals surface area contributed by atoms with Crippen LogP contribution in [0.15, 0.2) is 41.8 Å². The maximum absolute atomic E-state index is 12.7. The van der Waals surface area contributed by atoms with E-state index in [0.717, 1.165) is 21.5 Å². The van der Waals surface area contributed by atoms with Crippen LogP contribution in [0.2, 0.25) is 4.34 Å². The minimum atomic E-state index is -3.74. The Bertz CT molecular complexity index is 1050. The summed E-state index contributed by atoms with van der Waals surface area (Å²) < 4.78 is 27.7. The Morgan fingerprint density at radius 1 is 1.25 bits per heavy atom. The molecule has 2 atom stereocenters. The molecule has 1 saturated heterocycles. The van der Waals surface area contributed by atoms with Gasteiger partial charge in [-0.05, 0) is 63.3 Å². The maximum Gasteiger partial charge on any atom is 0.290 e. The van der Waals surface area contributed by atoms with Crippen molar-refractivity contribution in [2.45, 2.75) is 25.4 Å². The first-order valence-corrected chi connectivity index (χ1v) is 12.4. The number of carbonyl (C=O) groups is 2. The van der Waals surface area contributed by atoms with Gasteiger partial charge in [-0.25, -0.2) is 8.42 Å². The summed E-state index contributed by atoms with van der Waals surface area (Å²) >= 11 is 7.13. The molecule has 0 saturated carbocycles. The van der Waals surface area contributed by atoms with Crippen LogP contribution in [0.5, 0.6) is 0 Å². The van der Waals surface area contributed by atoms with E-state index < -0.39 is 16.1 Å². The van der Waals surface area contributed by atoms with Crippen molar-refractivity contribution >= 4 is 57.1 Å². The lowest BCUT2D eigenvalue weighted by Gasteiger charge is -2.22. The minimum absolute atomic E-state index is 0.241. The van der Waals surface area contributed by atoms with E-state index in [4.69, 9.17) is 21.5 Å². The van der Waals surface area contributed by atoms with Crippen LogP contribution in [0.25, 0.3) is 6.08 Å². The molecule has 1 aromatic carbocycles. The molecule has 1 aliphatic rings. The molecule has 8 nitrogen and oxygen atoms in total. The topological polar surface area (TPSA) is 107 Å². The molecule has 0 radical (unpaired) electrons. The molecule has 1 aromatic heterocycles. The number of anilines is 1. The van der Waals surface area contributed by atoms with Crippen LogP contribution < -0.4 is 9.62 Å². The highest BCUT2D eigenvalue weighted by Crippen LogP contribution is 2.26. The smallest absolute Gasteiger partial charge is 0.290 e. The third kappa shape index (κ3) is 7.14. The van der Waals surface area contributed by atoms with Crippen molar-refractivity contribution in [3.63, 3.8) is 0 Å². The standard InChI is InChI=1S/C20H24ClN3O3S2.CH2O2/c1-14(23(2)3)15-4-6-16(7-5-15)24-12-10-18(20(24)25)22-29(26,27)13-11-17-8-9-19(21)28-17;2-1-3/h4-9,11,13-14,18,22H,10,12H2,1-3H3;1H,(H,2,3)/t14-,18+;/m1./s1. The van der Waals surface area contributed by atoms with E-state index in [1.54, 1.807) is 17.0 Å².